The average molecular weight is 483 g/mol. The van der Waals surface area contributed by atoms with Gasteiger partial charge in [0.1, 0.15) is 5.01 Å². The number of benzene rings is 2. The number of carbonyl (C=O) groups excluding carboxylic acids is 2. The molecular formula is C23H19ClN4O2S2. The molecule has 0 bridgehead atoms. The molecule has 32 heavy (non-hydrogen) atoms. The second kappa shape index (κ2) is 10.0. The molecule has 0 unspecified atom stereocenters. The fourth-order valence-corrected chi connectivity index (χ4v) is 4.61. The summed E-state index contributed by atoms with van der Waals surface area (Å²) in [5.74, 6) is -0.225. The molecule has 162 valence electrons. The van der Waals surface area contributed by atoms with Crippen molar-refractivity contribution in [3.63, 3.8) is 0 Å². The summed E-state index contributed by atoms with van der Waals surface area (Å²) in [7, 11) is 0. The van der Waals surface area contributed by atoms with Gasteiger partial charge in [0.05, 0.1) is 17.8 Å². The number of halogens is 1. The fourth-order valence-electron chi connectivity index (χ4n) is 2.92. The van der Waals surface area contributed by atoms with Crippen LogP contribution in [0.25, 0.3) is 21.8 Å². The topological polar surface area (TPSA) is 84.0 Å². The van der Waals surface area contributed by atoms with E-state index in [4.69, 9.17) is 11.6 Å². The Labute approximate surface area is 198 Å². The minimum Gasteiger partial charge on any atom is -0.352 e. The van der Waals surface area contributed by atoms with Crippen LogP contribution in [0.4, 0.5) is 5.13 Å². The van der Waals surface area contributed by atoms with Crippen molar-refractivity contribution >= 4 is 51.2 Å². The zero-order valence-corrected chi connectivity index (χ0v) is 19.5. The van der Waals surface area contributed by atoms with E-state index in [0.717, 1.165) is 27.4 Å². The van der Waals surface area contributed by atoms with Gasteiger partial charge < -0.3 is 10.6 Å². The van der Waals surface area contributed by atoms with Crippen molar-refractivity contribution in [3.8, 4) is 21.8 Å². The first-order valence-corrected chi connectivity index (χ1v) is 11.9. The van der Waals surface area contributed by atoms with Gasteiger partial charge in [-0.15, -0.1) is 22.7 Å². The van der Waals surface area contributed by atoms with E-state index in [0.29, 0.717) is 22.4 Å². The number of carbonyl (C=O) groups is 2. The first-order chi connectivity index (χ1) is 15.5. The maximum Gasteiger partial charge on any atom is 0.232 e. The van der Waals surface area contributed by atoms with Crippen LogP contribution in [0.3, 0.4) is 0 Å². The first-order valence-electron chi connectivity index (χ1n) is 9.76. The molecule has 0 fully saturated rings. The van der Waals surface area contributed by atoms with E-state index in [9.17, 15) is 9.59 Å². The molecule has 0 atom stereocenters. The number of amides is 2. The van der Waals surface area contributed by atoms with Crippen LogP contribution < -0.4 is 10.6 Å². The summed E-state index contributed by atoms with van der Waals surface area (Å²) in [6, 6.07) is 15.3. The molecule has 2 amide bonds. The number of thiazole rings is 2. The highest BCUT2D eigenvalue weighted by Gasteiger charge is 2.12. The van der Waals surface area contributed by atoms with Crippen LogP contribution in [0.5, 0.6) is 0 Å². The Morgan fingerprint density at radius 3 is 2.38 bits per heavy atom. The number of hydrogen-bond donors (Lipinski definition) is 2. The molecule has 2 aromatic carbocycles. The number of nitrogens with zero attached hydrogens (tertiary/aromatic N) is 2. The van der Waals surface area contributed by atoms with Crippen molar-refractivity contribution in [2.24, 2.45) is 0 Å². The molecule has 0 spiro atoms. The molecule has 0 aliphatic heterocycles. The molecule has 0 saturated heterocycles. The van der Waals surface area contributed by atoms with E-state index in [1.807, 2.05) is 59.3 Å². The lowest BCUT2D eigenvalue weighted by atomic mass is 10.1. The van der Waals surface area contributed by atoms with Gasteiger partial charge in [0.2, 0.25) is 11.8 Å². The molecule has 0 aliphatic rings. The third-order valence-electron chi connectivity index (χ3n) is 4.53. The van der Waals surface area contributed by atoms with Gasteiger partial charge in [0.25, 0.3) is 0 Å². The molecular weight excluding hydrogens is 464 g/mol. The summed E-state index contributed by atoms with van der Waals surface area (Å²) >= 11 is 8.80. The highest BCUT2D eigenvalue weighted by atomic mass is 35.5. The minimum atomic E-state index is -0.162. The van der Waals surface area contributed by atoms with Gasteiger partial charge in [-0.25, -0.2) is 9.97 Å². The molecule has 2 aromatic heterocycles. The van der Waals surface area contributed by atoms with Gasteiger partial charge in [0, 0.05) is 40.4 Å². The predicted molar refractivity (Wildman–Crippen MR) is 130 cm³/mol. The zero-order chi connectivity index (χ0) is 22.5. The lowest BCUT2D eigenvalue weighted by Crippen LogP contribution is -2.18. The van der Waals surface area contributed by atoms with Crippen molar-refractivity contribution in [1.29, 1.82) is 0 Å². The number of rotatable bonds is 7. The fraction of sp³-hybridized carbons (Fsp3) is 0.130. The van der Waals surface area contributed by atoms with Crippen LogP contribution >= 0.6 is 34.3 Å². The maximum absolute atomic E-state index is 12.5. The lowest BCUT2D eigenvalue weighted by Gasteiger charge is -2.03. The summed E-state index contributed by atoms with van der Waals surface area (Å²) in [6.07, 6.45) is 0.177. The summed E-state index contributed by atoms with van der Waals surface area (Å²) in [5, 5.41) is 11.5. The van der Waals surface area contributed by atoms with Gasteiger partial charge in [-0.3, -0.25) is 9.59 Å². The highest BCUT2D eigenvalue weighted by Crippen LogP contribution is 2.27. The molecule has 2 heterocycles. The van der Waals surface area contributed by atoms with Gasteiger partial charge in [-0.2, -0.15) is 0 Å². The van der Waals surface area contributed by atoms with Crippen LogP contribution in [-0.4, -0.2) is 21.8 Å². The Kier molecular flexibility index (Phi) is 6.94. The van der Waals surface area contributed by atoms with Crippen LogP contribution in [0.2, 0.25) is 5.02 Å². The van der Waals surface area contributed by atoms with Crippen LogP contribution in [0, 0.1) is 0 Å². The van der Waals surface area contributed by atoms with Gasteiger partial charge in [-0.05, 0) is 17.7 Å². The lowest BCUT2D eigenvalue weighted by molar-refractivity contribution is -0.119. The number of nitrogens with one attached hydrogen (secondary N) is 2. The summed E-state index contributed by atoms with van der Waals surface area (Å²) in [5.41, 5.74) is 4.42. The SMILES string of the molecule is CC(=O)NCc1ccc(-c2csc(NC(=O)Cc3csc(-c4ccc(Cl)cc4)n3)n2)cc1. The maximum atomic E-state index is 12.5. The van der Waals surface area contributed by atoms with Crippen molar-refractivity contribution in [2.75, 3.05) is 5.32 Å². The number of anilines is 1. The Hall–Kier alpha value is -3.07. The molecule has 4 aromatic rings. The van der Waals surface area contributed by atoms with Crippen LogP contribution in [-0.2, 0) is 22.6 Å². The van der Waals surface area contributed by atoms with Gasteiger partial charge in [0.15, 0.2) is 5.13 Å². The molecule has 9 heteroatoms. The molecule has 0 aliphatic carbocycles. The number of aromatic nitrogens is 2. The largest absolute Gasteiger partial charge is 0.352 e. The number of hydrogen-bond acceptors (Lipinski definition) is 6. The zero-order valence-electron chi connectivity index (χ0n) is 17.1. The smallest absolute Gasteiger partial charge is 0.232 e. The van der Waals surface area contributed by atoms with E-state index < -0.39 is 0 Å². The van der Waals surface area contributed by atoms with Gasteiger partial charge >= 0.3 is 0 Å². The molecule has 4 rings (SSSR count). The molecule has 0 saturated carbocycles. The van der Waals surface area contributed by atoms with Crippen molar-refractivity contribution in [1.82, 2.24) is 15.3 Å². The molecule has 2 N–H and O–H groups in total. The Morgan fingerprint density at radius 2 is 1.66 bits per heavy atom. The average Bonchev–Trinajstić information content (AvgIpc) is 3.43. The molecule has 6 nitrogen and oxygen atoms in total. The van der Waals surface area contributed by atoms with E-state index in [1.165, 1.54) is 29.6 Å². The Morgan fingerprint density at radius 1 is 0.938 bits per heavy atom. The summed E-state index contributed by atoms with van der Waals surface area (Å²) in [4.78, 5) is 32.5. The molecule has 0 radical (unpaired) electrons. The minimum absolute atomic E-state index is 0.0622. The predicted octanol–water partition coefficient (Wildman–Crippen LogP) is 5.40. The van der Waals surface area contributed by atoms with Gasteiger partial charge in [-0.1, -0.05) is 48.0 Å². The highest BCUT2D eigenvalue weighted by molar-refractivity contribution is 7.14. The normalized spacial score (nSPS) is 10.7. The van der Waals surface area contributed by atoms with Crippen molar-refractivity contribution in [3.05, 3.63) is 75.6 Å². The third-order valence-corrected chi connectivity index (χ3v) is 6.48. The Bertz CT molecular complexity index is 1230. The standard InChI is InChI=1S/C23H19ClN4O2S2/c1-14(29)25-11-15-2-4-16(5-3-15)20-13-32-23(27-20)28-21(30)10-19-12-31-22(26-19)17-6-8-18(24)9-7-17/h2-9,12-13H,10-11H2,1H3,(H,25,29)(H,27,28,30). The second-order valence-electron chi connectivity index (χ2n) is 7.02. The van der Waals surface area contributed by atoms with Crippen molar-refractivity contribution < 1.29 is 9.59 Å². The van der Waals surface area contributed by atoms with E-state index >= 15 is 0 Å². The van der Waals surface area contributed by atoms with Crippen molar-refractivity contribution in [2.45, 2.75) is 19.9 Å². The summed E-state index contributed by atoms with van der Waals surface area (Å²) < 4.78 is 0. The first kappa shape index (κ1) is 22.1. The monoisotopic (exact) mass is 482 g/mol. The quantitative estimate of drug-likeness (QED) is 0.369. The van der Waals surface area contributed by atoms with Crippen LogP contribution in [0.1, 0.15) is 18.2 Å². The van der Waals surface area contributed by atoms with E-state index in [2.05, 4.69) is 20.6 Å². The summed E-state index contributed by atoms with van der Waals surface area (Å²) in [6.45, 7) is 1.98. The third kappa shape index (κ3) is 5.79. The Balaban J connectivity index is 1.35. The van der Waals surface area contributed by atoms with E-state index in [1.54, 1.807) is 0 Å². The van der Waals surface area contributed by atoms with Crippen LogP contribution in [0.15, 0.2) is 59.3 Å². The van der Waals surface area contributed by atoms with E-state index in [-0.39, 0.29) is 18.2 Å². The second-order valence-corrected chi connectivity index (χ2v) is 9.17.